The van der Waals surface area contributed by atoms with Crippen LogP contribution in [0.4, 0.5) is 11.5 Å². The number of anilines is 2. The number of nitrogens with one attached hydrogen (secondary N) is 1. The second-order valence-electron chi connectivity index (χ2n) is 5.99. The van der Waals surface area contributed by atoms with Crippen molar-refractivity contribution in [2.24, 2.45) is 0 Å². The van der Waals surface area contributed by atoms with E-state index in [1.54, 1.807) is 6.33 Å². The SMILES string of the molecule is CCCCOc1ccccc1CCNc1ncnc2ccc(N)cc12. The summed E-state index contributed by atoms with van der Waals surface area (Å²) in [6.07, 6.45) is 4.63. The summed E-state index contributed by atoms with van der Waals surface area (Å²) in [6, 6.07) is 13.9. The molecule has 0 aliphatic heterocycles. The zero-order valence-electron chi connectivity index (χ0n) is 14.5. The highest BCUT2D eigenvalue weighted by Crippen LogP contribution is 2.23. The molecule has 0 aliphatic carbocycles. The zero-order chi connectivity index (χ0) is 17.5. The van der Waals surface area contributed by atoms with Crippen LogP contribution in [0.25, 0.3) is 10.9 Å². The van der Waals surface area contributed by atoms with Gasteiger partial charge in [-0.05, 0) is 42.7 Å². The molecule has 5 heteroatoms. The van der Waals surface area contributed by atoms with Gasteiger partial charge in [0, 0.05) is 17.6 Å². The first-order chi connectivity index (χ1) is 12.3. The maximum atomic E-state index is 5.90. The van der Waals surface area contributed by atoms with Gasteiger partial charge in [-0.25, -0.2) is 9.97 Å². The topological polar surface area (TPSA) is 73.1 Å². The molecule has 3 rings (SSSR count). The van der Waals surface area contributed by atoms with E-state index in [0.29, 0.717) is 5.69 Å². The monoisotopic (exact) mass is 336 g/mol. The van der Waals surface area contributed by atoms with Crippen molar-refractivity contribution in [1.29, 1.82) is 0 Å². The van der Waals surface area contributed by atoms with Crippen molar-refractivity contribution < 1.29 is 4.74 Å². The summed E-state index contributed by atoms with van der Waals surface area (Å²) in [6.45, 7) is 3.68. The smallest absolute Gasteiger partial charge is 0.137 e. The van der Waals surface area contributed by atoms with Gasteiger partial charge in [0.1, 0.15) is 17.9 Å². The van der Waals surface area contributed by atoms with E-state index in [2.05, 4.69) is 28.3 Å². The number of fused-ring (bicyclic) bond motifs is 1. The summed E-state index contributed by atoms with van der Waals surface area (Å²) >= 11 is 0. The van der Waals surface area contributed by atoms with Gasteiger partial charge < -0.3 is 15.8 Å². The lowest BCUT2D eigenvalue weighted by Crippen LogP contribution is -2.08. The van der Waals surface area contributed by atoms with Crippen LogP contribution in [0.15, 0.2) is 48.8 Å². The first kappa shape index (κ1) is 17.0. The third kappa shape index (κ3) is 4.38. The largest absolute Gasteiger partial charge is 0.493 e. The van der Waals surface area contributed by atoms with E-state index < -0.39 is 0 Å². The molecule has 0 radical (unpaired) electrons. The van der Waals surface area contributed by atoms with E-state index in [9.17, 15) is 0 Å². The molecule has 5 nitrogen and oxygen atoms in total. The number of nitrogens with zero attached hydrogens (tertiary/aromatic N) is 2. The predicted octanol–water partition coefficient (Wildman–Crippen LogP) is 4.05. The number of aromatic nitrogens is 2. The van der Waals surface area contributed by atoms with Crippen LogP contribution in [-0.4, -0.2) is 23.1 Å². The molecule has 0 bridgehead atoms. The Morgan fingerprint density at radius 1 is 1.12 bits per heavy atom. The maximum Gasteiger partial charge on any atom is 0.137 e. The first-order valence-corrected chi connectivity index (χ1v) is 8.72. The molecule has 0 saturated carbocycles. The standard InChI is InChI=1S/C20H24N4O/c1-2-3-12-25-19-7-5-4-6-15(19)10-11-22-20-17-13-16(21)8-9-18(17)23-14-24-20/h4-9,13-14H,2-3,10-12,21H2,1H3,(H,22,23,24). The molecule has 0 atom stereocenters. The summed E-state index contributed by atoms with van der Waals surface area (Å²) in [4.78, 5) is 8.63. The molecule has 3 aromatic rings. The van der Waals surface area contributed by atoms with Gasteiger partial charge in [0.25, 0.3) is 0 Å². The summed E-state index contributed by atoms with van der Waals surface area (Å²) < 4.78 is 5.90. The highest BCUT2D eigenvalue weighted by molar-refractivity contribution is 5.91. The molecular formula is C20H24N4O. The first-order valence-electron chi connectivity index (χ1n) is 8.72. The minimum absolute atomic E-state index is 0.708. The van der Waals surface area contributed by atoms with Gasteiger partial charge in [-0.15, -0.1) is 0 Å². The quantitative estimate of drug-likeness (QED) is 0.480. The highest BCUT2D eigenvalue weighted by atomic mass is 16.5. The average molecular weight is 336 g/mol. The van der Waals surface area contributed by atoms with Crippen LogP contribution in [0.3, 0.4) is 0 Å². The van der Waals surface area contributed by atoms with E-state index >= 15 is 0 Å². The minimum atomic E-state index is 0.708. The fourth-order valence-electron chi connectivity index (χ4n) is 2.71. The molecule has 0 unspecified atom stereocenters. The molecule has 25 heavy (non-hydrogen) atoms. The minimum Gasteiger partial charge on any atom is -0.493 e. The lowest BCUT2D eigenvalue weighted by molar-refractivity contribution is 0.306. The number of hydrogen-bond donors (Lipinski definition) is 2. The van der Waals surface area contributed by atoms with Crippen molar-refractivity contribution in [3.63, 3.8) is 0 Å². The van der Waals surface area contributed by atoms with E-state index in [1.807, 2.05) is 36.4 Å². The van der Waals surface area contributed by atoms with Crippen molar-refractivity contribution in [3.8, 4) is 5.75 Å². The second-order valence-corrected chi connectivity index (χ2v) is 5.99. The Morgan fingerprint density at radius 2 is 2.00 bits per heavy atom. The summed E-state index contributed by atoms with van der Waals surface area (Å²) in [5, 5.41) is 4.34. The Morgan fingerprint density at radius 3 is 2.88 bits per heavy atom. The second kappa shape index (κ2) is 8.33. The Kier molecular flexibility index (Phi) is 5.67. The lowest BCUT2D eigenvalue weighted by atomic mass is 10.1. The molecule has 1 heterocycles. The molecule has 0 amide bonds. The van der Waals surface area contributed by atoms with Gasteiger partial charge in [-0.1, -0.05) is 31.5 Å². The molecule has 0 saturated heterocycles. The van der Waals surface area contributed by atoms with Gasteiger partial charge in [0.15, 0.2) is 0 Å². The third-order valence-electron chi connectivity index (χ3n) is 4.07. The number of unbranched alkanes of at least 4 members (excludes halogenated alkanes) is 1. The van der Waals surface area contributed by atoms with Crippen molar-refractivity contribution >= 4 is 22.4 Å². The molecule has 1 aromatic heterocycles. The van der Waals surface area contributed by atoms with E-state index in [4.69, 9.17) is 10.5 Å². The Bertz CT molecular complexity index is 835. The van der Waals surface area contributed by atoms with Crippen molar-refractivity contribution in [3.05, 3.63) is 54.4 Å². The van der Waals surface area contributed by atoms with Crippen LogP contribution in [0.1, 0.15) is 25.3 Å². The van der Waals surface area contributed by atoms with E-state index in [-0.39, 0.29) is 0 Å². The summed E-state index contributed by atoms with van der Waals surface area (Å²) in [5.74, 6) is 1.77. The van der Waals surface area contributed by atoms with Crippen LogP contribution in [0.5, 0.6) is 5.75 Å². The Labute approximate surface area is 148 Å². The summed E-state index contributed by atoms with van der Waals surface area (Å²) in [7, 11) is 0. The van der Waals surface area contributed by atoms with Gasteiger partial charge in [-0.2, -0.15) is 0 Å². The highest BCUT2D eigenvalue weighted by Gasteiger charge is 2.06. The molecule has 0 spiro atoms. The predicted molar refractivity (Wildman–Crippen MR) is 103 cm³/mol. The number of rotatable bonds is 8. The number of nitrogen functional groups attached to an aromatic ring is 1. The van der Waals surface area contributed by atoms with Crippen molar-refractivity contribution in [2.45, 2.75) is 26.2 Å². The normalized spacial score (nSPS) is 10.8. The van der Waals surface area contributed by atoms with Gasteiger partial charge in [0.05, 0.1) is 12.1 Å². The number of para-hydroxylation sites is 1. The summed E-state index contributed by atoms with van der Waals surface area (Å²) in [5.41, 5.74) is 8.68. The van der Waals surface area contributed by atoms with E-state index in [1.165, 1.54) is 5.56 Å². The van der Waals surface area contributed by atoms with Crippen LogP contribution in [0, 0.1) is 0 Å². The molecular weight excluding hydrogens is 312 g/mol. The fraction of sp³-hybridized carbons (Fsp3) is 0.300. The maximum absolute atomic E-state index is 5.90. The van der Waals surface area contributed by atoms with Gasteiger partial charge >= 0.3 is 0 Å². The van der Waals surface area contributed by atoms with Crippen LogP contribution >= 0.6 is 0 Å². The van der Waals surface area contributed by atoms with Crippen molar-refractivity contribution in [1.82, 2.24) is 9.97 Å². The zero-order valence-corrected chi connectivity index (χ0v) is 14.5. The number of hydrogen-bond acceptors (Lipinski definition) is 5. The Hall–Kier alpha value is -2.82. The number of nitrogens with two attached hydrogens (primary N) is 1. The van der Waals surface area contributed by atoms with Gasteiger partial charge in [-0.3, -0.25) is 0 Å². The molecule has 2 aromatic carbocycles. The fourth-order valence-corrected chi connectivity index (χ4v) is 2.71. The van der Waals surface area contributed by atoms with Crippen LogP contribution in [0.2, 0.25) is 0 Å². The van der Waals surface area contributed by atoms with Gasteiger partial charge in [0.2, 0.25) is 0 Å². The molecule has 0 fully saturated rings. The molecule has 130 valence electrons. The Balaban J connectivity index is 1.67. The van der Waals surface area contributed by atoms with Crippen LogP contribution in [-0.2, 0) is 6.42 Å². The van der Waals surface area contributed by atoms with Crippen LogP contribution < -0.4 is 15.8 Å². The van der Waals surface area contributed by atoms with E-state index in [0.717, 1.165) is 54.9 Å². The molecule has 0 aliphatic rings. The average Bonchev–Trinajstić information content (AvgIpc) is 2.63. The van der Waals surface area contributed by atoms with Crippen molar-refractivity contribution in [2.75, 3.05) is 24.2 Å². The third-order valence-corrected chi connectivity index (χ3v) is 4.07. The number of ether oxygens (including phenoxy) is 1. The molecule has 3 N–H and O–H groups in total. The lowest BCUT2D eigenvalue weighted by Gasteiger charge is -2.12. The number of benzene rings is 2.